The van der Waals surface area contributed by atoms with Gasteiger partial charge < -0.3 is 9.73 Å². The molecule has 1 aromatic carbocycles. The molecule has 2 aromatic rings. The minimum absolute atomic E-state index is 0.949. The van der Waals surface area contributed by atoms with Crippen LogP contribution in [0, 0.1) is 6.92 Å². The van der Waals surface area contributed by atoms with E-state index in [1.165, 1.54) is 10.9 Å². The molecule has 1 N–H and O–H groups in total. The van der Waals surface area contributed by atoms with Crippen LogP contribution >= 0.6 is 0 Å². The van der Waals surface area contributed by atoms with Gasteiger partial charge in [-0.1, -0.05) is 12.1 Å². The Morgan fingerprint density at radius 3 is 2.93 bits per heavy atom. The Morgan fingerprint density at radius 2 is 2.21 bits per heavy atom. The average molecular weight is 189 g/mol. The van der Waals surface area contributed by atoms with E-state index in [-0.39, 0.29) is 0 Å². The van der Waals surface area contributed by atoms with Crippen LogP contribution < -0.4 is 5.32 Å². The number of benzene rings is 1. The van der Waals surface area contributed by atoms with Gasteiger partial charge in [0.2, 0.25) is 0 Å². The van der Waals surface area contributed by atoms with Crippen LogP contribution in [-0.4, -0.2) is 13.6 Å². The quantitative estimate of drug-likeness (QED) is 0.802. The molecule has 0 aliphatic carbocycles. The minimum atomic E-state index is 0.949. The van der Waals surface area contributed by atoms with Crippen molar-refractivity contribution in [3.8, 4) is 0 Å². The van der Waals surface area contributed by atoms with E-state index in [1.807, 2.05) is 19.2 Å². The molecule has 0 spiro atoms. The van der Waals surface area contributed by atoms with E-state index < -0.39 is 0 Å². The maximum absolute atomic E-state index is 5.71. The van der Waals surface area contributed by atoms with Crippen molar-refractivity contribution in [2.45, 2.75) is 13.3 Å². The molecule has 1 aromatic heterocycles. The smallest absolute Gasteiger partial charge is 0.134 e. The van der Waals surface area contributed by atoms with Gasteiger partial charge in [0.1, 0.15) is 11.3 Å². The van der Waals surface area contributed by atoms with Crippen LogP contribution in [0.15, 0.2) is 28.7 Å². The van der Waals surface area contributed by atoms with Crippen molar-refractivity contribution in [3.05, 3.63) is 35.6 Å². The molecule has 0 amide bonds. The molecule has 2 nitrogen and oxygen atoms in total. The van der Waals surface area contributed by atoms with E-state index in [4.69, 9.17) is 4.42 Å². The molecular weight excluding hydrogens is 174 g/mol. The van der Waals surface area contributed by atoms with Gasteiger partial charge in [0.15, 0.2) is 0 Å². The molecule has 14 heavy (non-hydrogen) atoms. The highest BCUT2D eigenvalue weighted by Crippen LogP contribution is 2.22. The lowest BCUT2D eigenvalue weighted by Gasteiger charge is -1.93. The number of hydrogen-bond donors (Lipinski definition) is 1. The number of likely N-dealkylation sites (N-methyl/N-ethyl adjacent to an activating group) is 1. The molecule has 0 saturated heterocycles. The van der Waals surface area contributed by atoms with Gasteiger partial charge in [-0.05, 0) is 31.7 Å². The van der Waals surface area contributed by atoms with Crippen molar-refractivity contribution in [3.63, 3.8) is 0 Å². The van der Waals surface area contributed by atoms with Crippen molar-refractivity contribution < 1.29 is 4.42 Å². The molecule has 2 rings (SSSR count). The first-order valence-corrected chi connectivity index (χ1v) is 4.94. The number of fused-ring (bicyclic) bond motifs is 1. The minimum Gasteiger partial charge on any atom is -0.461 e. The van der Waals surface area contributed by atoms with Crippen molar-refractivity contribution >= 4 is 11.0 Å². The van der Waals surface area contributed by atoms with Crippen molar-refractivity contribution in [2.75, 3.05) is 13.6 Å². The van der Waals surface area contributed by atoms with Crippen molar-refractivity contribution in [1.29, 1.82) is 0 Å². The summed E-state index contributed by atoms with van der Waals surface area (Å²) in [5.74, 6) is 1.06. The SMILES string of the molecule is CNCCc1cc2c(C)cccc2o1. The largest absolute Gasteiger partial charge is 0.461 e. The predicted molar refractivity (Wildman–Crippen MR) is 58.6 cm³/mol. The Morgan fingerprint density at radius 1 is 1.36 bits per heavy atom. The first-order valence-electron chi connectivity index (χ1n) is 4.94. The van der Waals surface area contributed by atoms with Crippen LogP contribution in [0.3, 0.4) is 0 Å². The zero-order valence-electron chi connectivity index (χ0n) is 8.63. The van der Waals surface area contributed by atoms with Crippen LogP contribution in [0.2, 0.25) is 0 Å². The fourth-order valence-corrected chi connectivity index (χ4v) is 1.63. The predicted octanol–water partition coefficient (Wildman–Crippen LogP) is 2.50. The second-order valence-electron chi connectivity index (χ2n) is 3.55. The summed E-state index contributed by atoms with van der Waals surface area (Å²) >= 11 is 0. The Labute approximate surface area is 83.9 Å². The second kappa shape index (κ2) is 3.84. The average Bonchev–Trinajstić information content (AvgIpc) is 2.59. The van der Waals surface area contributed by atoms with Crippen LogP contribution in [0.5, 0.6) is 0 Å². The highest BCUT2D eigenvalue weighted by atomic mass is 16.3. The Kier molecular flexibility index (Phi) is 2.55. The first kappa shape index (κ1) is 9.28. The number of furan rings is 1. The van der Waals surface area contributed by atoms with Gasteiger partial charge in [0.05, 0.1) is 0 Å². The lowest BCUT2D eigenvalue weighted by atomic mass is 10.1. The summed E-state index contributed by atoms with van der Waals surface area (Å²) in [6.07, 6.45) is 0.949. The third-order valence-corrected chi connectivity index (χ3v) is 2.45. The molecule has 0 saturated carbocycles. The number of hydrogen-bond acceptors (Lipinski definition) is 2. The van der Waals surface area contributed by atoms with Gasteiger partial charge in [-0.3, -0.25) is 0 Å². The highest BCUT2D eigenvalue weighted by molar-refractivity contribution is 5.81. The summed E-state index contributed by atoms with van der Waals surface area (Å²) in [5, 5.41) is 4.35. The summed E-state index contributed by atoms with van der Waals surface area (Å²) in [4.78, 5) is 0. The summed E-state index contributed by atoms with van der Waals surface area (Å²) in [6, 6.07) is 8.30. The van der Waals surface area contributed by atoms with Crippen LogP contribution in [0.4, 0.5) is 0 Å². The van der Waals surface area contributed by atoms with Gasteiger partial charge in [-0.25, -0.2) is 0 Å². The number of aryl methyl sites for hydroxylation is 1. The van der Waals surface area contributed by atoms with Gasteiger partial charge in [-0.15, -0.1) is 0 Å². The molecule has 0 aliphatic heterocycles. The summed E-state index contributed by atoms with van der Waals surface area (Å²) in [6.45, 7) is 3.07. The molecule has 0 bridgehead atoms. The molecule has 0 aliphatic rings. The summed E-state index contributed by atoms with van der Waals surface area (Å²) < 4.78 is 5.71. The monoisotopic (exact) mass is 189 g/mol. The zero-order chi connectivity index (χ0) is 9.97. The third kappa shape index (κ3) is 1.66. The molecule has 0 unspecified atom stereocenters. The van der Waals surface area contributed by atoms with Crippen molar-refractivity contribution in [1.82, 2.24) is 5.32 Å². The lowest BCUT2D eigenvalue weighted by Crippen LogP contribution is -2.09. The van der Waals surface area contributed by atoms with Crippen molar-refractivity contribution in [2.24, 2.45) is 0 Å². The normalized spacial score (nSPS) is 11.0. The molecule has 2 heteroatoms. The molecular formula is C12H15NO. The van der Waals surface area contributed by atoms with E-state index in [2.05, 4.69) is 24.4 Å². The van der Waals surface area contributed by atoms with Crippen LogP contribution in [0.1, 0.15) is 11.3 Å². The molecule has 0 radical (unpaired) electrons. The molecule has 0 fully saturated rings. The van der Waals surface area contributed by atoms with E-state index in [0.29, 0.717) is 0 Å². The first-order chi connectivity index (χ1) is 6.81. The number of nitrogens with one attached hydrogen (secondary N) is 1. The van der Waals surface area contributed by atoms with Gasteiger partial charge in [0.25, 0.3) is 0 Å². The summed E-state index contributed by atoms with van der Waals surface area (Å²) in [7, 11) is 1.95. The maximum atomic E-state index is 5.71. The topological polar surface area (TPSA) is 25.2 Å². The Balaban J connectivity index is 2.36. The van der Waals surface area contributed by atoms with Gasteiger partial charge >= 0.3 is 0 Å². The van der Waals surface area contributed by atoms with E-state index in [1.54, 1.807) is 0 Å². The molecule has 0 atom stereocenters. The van der Waals surface area contributed by atoms with Crippen LogP contribution in [0.25, 0.3) is 11.0 Å². The Bertz CT molecular complexity index is 431. The highest BCUT2D eigenvalue weighted by Gasteiger charge is 2.04. The van der Waals surface area contributed by atoms with E-state index in [9.17, 15) is 0 Å². The van der Waals surface area contributed by atoms with Gasteiger partial charge in [0, 0.05) is 18.4 Å². The number of rotatable bonds is 3. The Hall–Kier alpha value is -1.28. The fraction of sp³-hybridized carbons (Fsp3) is 0.333. The fourth-order valence-electron chi connectivity index (χ4n) is 1.63. The summed E-state index contributed by atoms with van der Waals surface area (Å²) in [5.41, 5.74) is 2.28. The van der Waals surface area contributed by atoms with Crippen LogP contribution in [-0.2, 0) is 6.42 Å². The molecule has 74 valence electrons. The second-order valence-corrected chi connectivity index (χ2v) is 3.55. The maximum Gasteiger partial charge on any atom is 0.134 e. The molecule has 1 heterocycles. The van der Waals surface area contributed by atoms with E-state index >= 15 is 0 Å². The van der Waals surface area contributed by atoms with E-state index in [0.717, 1.165) is 24.3 Å². The standard InChI is InChI=1S/C12H15NO/c1-9-4-3-5-12-11(9)8-10(14-12)6-7-13-2/h3-5,8,13H,6-7H2,1-2H3. The van der Waals surface area contributed by atoms with Gasteiger partial charge in [-0.2, -0.15) is 0 Å². The zero-order valence-corrected chi connectivity index (χ0v) is 8.63. The lowest BCUT2D eigenvalue weighted by molar-refractivity contribution is 0.541. The third-order valence-electron chi connectivity index (χ3n) is 2.45.